The minimum Gasteiger partial charge on any atom is -0.368 e. The van der Waals surface area contributed by atoms with Crippen LogP contribution in [0.3, 0.4) is 0 Å². The fourth-order valence-electron chi connectivity index (χ4n) is 2.65. The minimum absolute atomic E-state index is 0.0364. The van der Waals surface area contributed by atoms with Gasteiger partial charge in [-0.3, -0.25) is 19.9 Å². The Kier molecular flexibility index (Phi) is 4.84. The first kappa shape index (κ1) is 18.2. The normalized spacial score (nSPS) is 16.1. The van der Waals surface area contributed by atoms with Gasteiger partial charge < -0.3 is 5.73 Å². The first-order valence-corrected chi connectivity index (χ1v) is 9.86. The van der Waals surface area contributed by atoms with Crippen molar-refractivity contribution in [3.8, 4) is 10.6 Å². The molecule has 11 heteroatoms. The highest BCUT2D eigenvalue weighted by molar-refractivity contribution is 7.19. The van der Waals surface area contributed by atoms with Crippen molar-refractivity contribution >= 4 is 51.0 Å². The Bertz CT molecular complexity index is 1050. The zero-order valence-corrected chi connectivity index (χ0v) is 15.8. The molecule has 1 atom stereocenters. The predicted octanol–water partition coefficient (Wildman–Crippen LogP) is 2.46. The second-order valence-corrected chi connectivity index (χ2v) is 7.63. The Morgan fingerprint density at radius 1 is 1.21 bits per heavy atom. The maximum absolute atomic E-state index is 13.2. The number of hydrazone groups is 1. The Morgan fingerprint density at radius 2 is 2.00 bits per heavy atom. The van der Waals surface area contributed by atoms with Crippen LogP contribution >= 0.6 is 22.7 Å². The van der Waals surface area contributed by atoms with E-state index in [1.54, 1.807) is 0 Å². The highest BCUT2D eigenvalue weighted by Gasteiger charge is 2.35. The van der Waals surface area contributed by atoms with Crippen molar-refractivity contribution in [3.63, 3.8) is 0 Å². The second kappa shape index (κ2) is 7.44. The number of nitrogens with one attached hydrogen (secondary N) is 1. The van der Waals surface area contributed by atoms with Gasteiger partial charge in [0.2, 0.25) is 11.0 Å². The van der Waals surface area contributed by atoms with Crippen molar-refractivity contribution in [1.82, 2.24) is 10.2 Å². The SMILES string of the molecule is NC(=O)C1CC(C(=O)Nc2nnc(-c3ccsc3)s2)=NN1c1ccc(F)cc1. The summed E-state index contributed by atoms with van der Waals surface area (Å²) in [6, 6.07) is 6.50. The van der Waals surface area contributed by atoms with Crippen LogP contribution in [0.4, 0.5) is 15.2 Å². The molecule has 2 amide bonds. The third-order valence-electron chi connectivity index (χ3n) is 4.01. The number of benzene rings is 1. The lowest BCUT2D eigenvalue weighted by molar-refractivity contribution is -0.119. The highest BCUT2D eigenvalue weighted by Crippen LogP contribution is 2.29. The van der Waals surface area contributed by atoms with Crippen molar-refractivity contribution in [3.05, 3.63) is 46.9 Å². The molecule has 3 heterocycles. The molecule has 3 aromatic rings. The van der Waals surface area contributed by atoms with Crippen molar-refractivity contribution in [1.29, 1.82) is 0 Å². The van der Waals surface area contributed by atoms with Gasteiger partial charge in [-0.25, -0.2) is 4.39 Å². The lowest BCUT2D eigenvalue weighted by Gasteiger charge is -2.20. The van der Waals surface area contributed by atoms with Crippen LogP contribution in [0.15, 0.2) is 46.2 Å². The molecule has 142 valence electrons. The molecule has 1 aliphatic heterocycles. The van der Waals surface area contributed by atoms with Gasteiger partial charge in [0.15, 0.2) is 0 Å². The predicted molar refractivity (Wildman–Crippen MR) is 106 cm³/mol. The van der Waals surface area contributed by atoms with Crippen LogP contribution in [0.5, 0.6) is 0 Å². The average Bonchev–Trinajstić information content (AvgIpc) is 3.42. The summed E-state index contributed by atoms with van der Waals surface area (Å²) < 4.78 is 13.2. The van der Waals surface area contributed by atoms with E-state index in [1.165, 1.54) is 51.9 Å². The molecular weight excluding hydrogens is 403 g/mol. The number of halogens is 1. The molecule has 4 rings (SSSR count). The van der Waals surface area contributed by atoms with E-state index in [0.717, 1.165) is 5.56 Å². The second-order valence-electron chi connectivity index (χ2n) is 5.87. The van der Waals surface area contributed by atoms with E-state index in [0.29, 0.717) is 15.8 Å². The number of aromatic nitrogens is 2. The van der Waals surface area contributed by atoms with Crippen molar-refractivity contribution in [2.45, 2.75) is 12.5 Å². The molecule has 28 heavy (non-hydrogen) atoms. The van der Waals surface area contributed by atoms with E-state index < -0.39 is 23.7 Å². The van der Waals surface area contributed by atoms with E-state index >= 15 is 0 Å². The molecule has 0 saturated heterocycles. The number of anilines is 2. The third kappa shape index (κ3) is 3.62. The van der Waals surface area contributed by atoms with Crippen LogP contribution in [0.2, 0.25) is 0 Å². The van der Waals surface area contributed by atoms with Gasteiger partial charge in [0.05, 0.1) is 5.69 Å². The van der Waals surface area contributed by atoms with Crippen LogP contribution in [0.25, 0.3) is 10.6 Å². The smallest absolute Gasteiger partial charge is 0.273 e. The fraction of sp³-hybridized carbons (Fsp3) is 0.118. The van der Waals surface area contributed by atoms with Crippen molar-refractivity contribution in [2.75, 3.05) is 10.3 Å². The van der Waals surface area contributed by atoms with Crippen molar-refractivity contribution < 1.29 is 14.0 Å². The maximum atomic E-state index is 13.2. The van der Waals surface area contributed by atoms with Gasteiger partial charge in [0.25, 0.3) is 5.91 Å². The summed E-state index contributed by atoms with van der Waals surface area (Å²) in [5.41, 5.74) is 6.96. The monoisotopic (exact) mass is 416 g/mol. The molecule has 1 aromatic carbocycles. The number of carbonyl (C=O) groups is 2. The molecule has 2 aromatic heterocycles. The lowest BCUT2D eigenvalue weighted by atomic mass is 10.1. The van der Waals surface area contributed by atoms with E-state index in [1.807, 2.05) is 16.8 Å². The molecule has 0 saturated carbocycles. The van der Waals surface area contributed by atoms with E-state index in [-0.39, 0.29) is 12.1 Å². The molecule has 0 spiro atoms. The number of nitrogens with zero attached hydrogens (tertiary/aromatic N) is 4. The topological polar surface area (TPSA) is 114 Å². The van der Waals surface area contributed by atoms with Crippen LogP contribution in [-0.4, -0.2) is 33.8 Å². The molecule has 0 bridgehead atoms. The van der Waals surface area contributed by atoms with E-state index in [4.69, 9.17) is 5.73 Å². The van der Waals surface area contributed by atoms with Crippen LogP contribution < -0.4 is 16.1 Å². The summed E-state index contributed by atoms with van der Waals surface area (Å²) in [6.07, 6.45) is 0.0364. The van der Waals surface area contributed by atoms with Gasteiger partial charge in [-0.15, -0.1) is 10.2 Å². The first-order chi connectivity index (χ1) is 13.5. The number of hydrogen-bond donors (Lipinski definition) is 2. The lowest BCUT2D eigenvalue weighted by Crippen LogP contribution is -2.39. The Hall–Kier alpha value is -3.18. The summed E-state index contributed by atoms with van der Waals surface area (Å²) in [7, 11) is 0. The average molecular weight is 416 g/mol. The largest absolute Gasteiger partial charge is 0.368 e. The zero-order chi connectivity index (χ0) is 19.7. The van der Waals surface area contributed by atoms with Crippen molar-refractivity contribution in [2.24, 2.45) is 10.8 Å². The van der Waals surface area contributed by atoms with Gasteiger partial charge in [0, 0.05) is 17.4 Å². The molecular formula is C17H13FN6O2S2. The Labute approximate surface area is 166 Å². The minimum atomic E-state index is -0.831. The zero-order valence-electron chi connectivity index (χ0n) is 14.2. The first-order valence-electron chi connectivity index (χ1n) is 8.10. The number of thiophene rings is 1. The Morgan fingerprint density at radius 3 is 2.68 bits per heavy atom. The molecule has 0 radical (unpaired) electrons. The summed E-state index contributed by atoms with van der Waals surface area (Å²) in [5, 5.41) is 21.1. The van der Waals surface area contributed by atoms with Gasteiger partial charge >= 0.3 is 0 Å². The number of primary amides is 1. The molecule has 0 aliphatic carbocycles. The van der Waals surface area contributed by atoms with Gasteiger partial charge in [-0.05, 0) is 35.7 Å². The van der Waals surface area contributed by atoms with Gasteiger partial charge in [-0.1, -0.05) is 11.3 Å². The highest BCUT2D eigenvalue weighted by atomic mass is 32.1. The molecule has 1 aliphatic rings. The van der Waals surface area contributed by atoms with Gasteiger partial charge in [-0.2, -0.15) is 16.4 Å². The van der Waals surface area contributed by atoms with Crippen LogP contribution in [0, 0.1) is 5.82 Å². The number of amides is 2. The molecule has 1 unspecified atom stereocenters. The summed E-state index contributed by atoms with van der Waals surface area (Å²) in [5.74, 6) is -1.55. The van der Waals surface area contributed by atoms with E-state index in [2.05, 4.69) is 20.6 Å². The van der Waals surface area contributed by atoms with Crippen LogP contribution in [0.1, 0.15) is 6.42 Å². The number of hydrogen-bond acceptors (Lipinski definition) is 8. The molecule has 8 nitrogen and oxygen atoms in total. The number of nitrogens with two attached hydrogens (primary N) is 1. The summed E-state index contributed by atoms with van der Waals surface area (Å²) in [4.78, 5) is 24.4. The molecule has 3 N–H and O–H groups in total. The summed E-state index contributed by atoms with van der Waals surface area (Å²) in [6.45, 7) is 0. The standard InChI is InChI=1S/C17H13FN6O2S2/c18-10-1-3-11(4-2-10)24-13(14(19)25)7-12(23-24)15(26)20-17-22-21-16(28-17)9-5-6-27-8-9/h1-6,8,13H,7H2,(H2,19,25)(H,20,22,26). The number of rotatable bonds is 5. The molecule has 0 fully saturated rings. The van der Waals surface area contributed by atoms with Crippen LogP contribution in [-0.2, 0) is 9.59 Å². The maximum Gasteiger partial charge on any atom is 0.273 e. The number of carbonyl (C=O) groups excluding carboxylic acids is 2. The Balaban J connectivity index is 1.53. The quantitative estimate of drug-likeness (QED) is 0.663. The fourth-order valence-corrected chi connectivity index (χ4v) is 4.10. The van der Waals surface area contributed by atoms with E-state index in [9.17, 15) is 14.0 Å². The summed E-state index contributed by atoms with van der Waals surface area (Å²) >= 11 is 2.77. The third-order valence-corrected chi connectivity index (χ3v) is 5.58. The van der Waals surface area contributed by atoms with Gasteiger partial charge in [0.1, 0.15) is 22.6 Å².